The van der Waals surface area contributed by atoms with Crippen LogP contribution in [0.5, 0.6) is 0 Å². The minimum absolute atomic E-state index is 0.0535. The molecular weight excluding hydrogens is 510 g/mol. The summed E-state index contributed by atoms with van der Waals surface area (Å²) in [5, 5.41) is 2.95. The minimum Gasteiger partial charge on any atom is -0.352 e. The fourth-order valence-corrected chi connectivity index (χ4v) is 5.43. The van der Waals surface area contributed by atoms with Gasteiger partial charge >= 0.3 is 0 Å². The predicted molar refractivity (Wildman–Crippen MR) is 156 cm³/mol. The molecule has 0 aromatic heterocycles. The first kappa shape index (κ1) is 29.9. The molecule has 0 fully saturated rings. The van der Waals surface area contributed by atoms with Crippen LogP contribution in [0.1, 0.15) is 49.4 Å². The van der Waals surface area contributed by atoms with E-state index in [0.29, 0.717) is 5.69 Å². The van der Waals surface area contributed by atoms with E-state index in [4.69, 9.17) is 0 Å². The number of nitrogens with zero attached hydrogens (tertiary/aromatic N) is 2. The van der Waals surface area contributed by atoms with E-state index >= 15 is 0 Å². The monoisotopic (exact) mass is 549 g/mol. The second kappa shape index (κ2) is 12.9. The van der Waals surface area contributed by atoms with Crippen LogP contribution >= 0.6 is 0 Å². The summed E-state index contributed by atoms with van der Waals surface area (Å²) in [6.45, 7) is 11.0. The number of carbonyl (C=O) groups is 2. The fraction of sp³-hybridized carbons (Fsp3) is 0.355. The summed E-state index contributed by atoms with van der Waals surface area (Å²) in [7, 11) is -4.07. The number of aryl methyl sites for hydroxylation is 3. The highest BCUT2D eigenvalue weighted by atomic mass is 32.2. The summed E-state index contributed by atoms with van der Waals surface area (Å²) < 4.78 is 28.8. The Labute approximate surface area is 232 Å². The maximum atomic E-state index is 13.9. The smallest absolute Gasteiger partial charge is 0.264 e. The highest BCUT2D eigenvalue weighted by Gasteiger charge is 2.32. The molecule has 0 heterocycles. The van der Waals surface area contributed by atoms with Crippen molar-refractivity contribution in [3.8, 4) is 0 Å². The average Bonchev–Trinajstić information content (AvgIpc) is 2.91. The molecule has 0 spiro atoms. The van der Waals surface area contributed by atoms with E-state index in [9.17, 15) is 18.0 Å². The number of hydrogen-bond acceptors (Lipinski definition) is 4. The van der Waals surface area contributed by atoms with Crippen molar-refractivity contribution < 1.29 is 18.0 Å². The van der Waals surface area contributed by atoms with Crippen LogP contribution in [0.2, 0.25) is 0 Å². The lowest BCUT2D eigenvalue weighted by Crippen LogP contribution is -2.52. The van der Waals surface area contributed by atoms with Crippen LogP contribution in [0.25, 0.3) is 0 Å². The van der Waals surface area contributed by atoms with E-state index in [2.05, 4.69) is 5.32 Å². The molecule has 2 atom stereocenters. The lowest BCUT2D eigenvalue weighted by molar-refractivity contribution is -0.139. The average molecular weight is 550 g/mol. The van der Waals surface area contributed by atoms with Crippen molar-refractivity contribution in [1.29, 1.82) is 0 Å². The van der Waals surface area contributed by atoms with E-state index in [1.807, 2.05) is 71.0 Å². The second-order valence-electron chi connectivity index (χ2n) is 10.2. The van der Waals surface area contributed by atoms with Gasteiger partial charge < -0.3 is 10.2 Å². The van der Waals surface area contributed by atoms with E-state index < -0.39 is 28.5 Å². The van der Waals surface area contributed by atoms with E-state index in [-0.39, 0.29) is 23.4 Å². The molecule has 0 unspecified atom stereocenters. The first-order chi connectivity index (χ1) is 18.4. The maximum absolute atomic E-state index is 13.9. The van der Waals surface area contributed by atoms with Gasteiger partial charge in [-0.05, 0) is 70.9 Å². The summed E-state index contributed by atoms with van der Waals surface area (Å²) in [4.78, 5) is 28.6. The first-order valence-electron chi connectivity index (χ1n) is 13.2. The Kier molecular flexibility index (Phi) is 9.92. The molecule has 8 heteroatoms. The molecule has 0 aliphatic heterocycles. The predicted octanol–water partition coefficient (Wildman–Crippen LogP) is 5.14. The number of amides is 2. The van der Waals surface area contributed by atoms with Crippen molar-refractivity contribution >= 4 is 27.5 Å². The van der Waals surface area contributed by atoms with Gasteiger partial charge in [-0.3, -0.25) is 13.9 Å². The van der Waals surface area contributed by atoms with Crippen molar-refractivity contribution in [2.75, 3.05) is 10.8 Å². The Morgan fingerprint density at radius 2 is 1.28 bits per heavy atom. The van der Waals surface area contributed by atoms with E-state index in [0.717, 1.165) is 33.0 Å². The number of sulfonamides is 1. The quantitative estimate of drug-likeness (QED) is 0.359. The summed E-state index contributed by atoms with van der Waals surface area (Å²) in [6, 6.07) is 20.4. The van der Waals surface area contributed by atoms with Crippen molar-refractivity contribution in [3.05, 3.63) is 95.1 Å². The molecule has 3 aromatic carbocycles. The van der Waals surface area contributed by atoms with Gasteiger partial charge in [0.1, 0.15) is 12.6 Å². The van der Waals surface area contributed by atoms with Gasteiger partial charge in [0.15, 0.2) is 0 Å². The van der Waals surface area contributed by atoms with Gasteiger partial charge in [-0.15, -0.1) is 0 Å². The van der Waals surface area contributed by atoms with Gasteiger partial charge in [-0.2, -0.15) is 0 Å². The molecule has 3 aromatic rings. The van der Waals surface area contributed by atoms with Crippen LogP contribution in [0.4, 0.5) is 5.69 Å². The lowest BCUT2D eigenvalue weighted by Gasteiger charge is -2.32. The zero-order valence-corrected chi connectivity index (χ0v) is 24.5. The number of nitrogens with one attached hydrogen (secondary N) is 1. The van der Waals surface area contributed by atoms with Crippen molar-refractivity contribution in [2.45, 2.75) is 71.5 Å². The molecule has 0 bridgehead atoms. The van der Waals surface area contributed by atoms with Crippen LogP contribution in [-0.4, -0.2) is 43.8 Å². The van der Waals surface area contributed by atoms with E-state index in [1.54, 1.807) is 43.3 Å². The lowest BCUT2D eigenvalue weighted by atomic mass is 10.1. The number of carbonyl (C=O) groups excluding carboxylic acids is 2. The molecule has 7 nitrogen and oxygen atoms in total. The van der Waals surface area contributed by atoms with Gasteiger partial charge in [0, 0.05) is 12.6 Å². The topological polar surface area (TPSA) is 86.8 Å². The fourth-order valence-electron chi connectivity index (χ4n) is 4.02. The molecule has 208 valence electrons. The molecule has 1 N–H and O–H groups in total. The van der Waals surface area contributed by atoms with Gasteiger partial charge in [-0.1, -0.05) is 72.1 Å². The van der Waals surface area contributed by atoms with Crippen LogP contribution in [0, 0.1) is 20.8 Å². The number of rotatable bonds is 11. The zero-order chi connectivity index (χ0) is 28.7. The van der Waals surface area contributed by atoms with Crippen LogP contribution < -0.4 is 9.62 Å². The van der Waals surface area contributed by atoms with Crippen LogP contribution in [0.15, 0.2) is 77.7 Å². The van der Waals surface area contributed by atoms with Crippen molar-refractivity contribution in [1.82, 2.24) is 10.2 Å². The van der Waals surface area contributed by atoms with Crippen molar-refractivity contribution in [2.24, 2.45) is 0 Å². The minimum atomic E-state index is -4.07. The third-order valence-corrected chi connectivity index (χ3v) is 8.64. The molecule has 2 amide bonds. The summed E-state index contributed by atoms with van der Waals surface area (Å²) >= 11 is 0. The summed E-state index contributed by atoms with van der Waals surface area (Å²) in [6.07, 6.45) is 0.750. The summed E-state index contributed by atoms with van der Waals surface area (Å²) in [5.74, 6) is -0.758. The Balaban J connectivity index is 2.01. The third-order valence-electron chi connectivity index (χ3n) is 6.85. The molecule has 0 aliphatic carbocycles. The van der Waals surface area contributed by atoms with Crippen LogP contribution in [0.3, 0.4) is 0 Å². The molecule has 39 heavy (non-hydrogen) atoms. The Morgan fingerprint density at radius 3 is 1.79 bits per heavy atom. The molecule has 0 saturated heterocycles. The third kappa shape index (κ3) is 7.69. The number of anilines is 1. The van der Waals surface area contributed by atoms with Crippen molar-refractivity contribution in [3.63, 3.8) is 0 Å². The zero-order valence-electron chi connectivity index (χ0n) is 23.6. The molecular formula is C31H39N3O4S. The Morgan fingerprint density at radius 1 is 0.795 bits per heavy atom. The number of hydrogen-bond donors (Lipinski definition) is 1. The Bertz CT molecular complexity index is 1370. The SMILES string of the molecule is CC[C@H](C)NC(=O)[C@H](C)N(Cc1ccc(C)cc1)C(=O)CN(c1ccc(C)cc1)S(=O)(=O)c1ccc(C)cc1. The molecule has 3 rings (SSSR count). The van der Waals surface area contributed by atoms with Gasteiger partial charge in [0.25, 0.3) is 10.0 Å². The largest absolute Gasteiger partial charge is 0.352 e. The van der Waals surface area contributed by atoms with Gasteiger partial charge in [0.2, 0.25) is 11.8 Å². The van der Waals surface area contributed by atoms with Crippen LogP contribution in [-0.2, 0) is 26.2 Å². The second-order valence-corrected chi connectivity index (χ2v) is 12.0. The first-order valence-corrected chi connectivity index (χ1v) is 14.7. The van der Waals surface area contributed by atoms with E-state index in [1.165, 1.54) is 4.90 Å². The summed E-state index contributed by atoms with van der Waals surface area (Å²) in [5.41, 5.74) is 4.20. The highest BCUT2D eigenvalue weighted by Crippen LogP contribution is 2.25. The van der Waals surface area contributed by atoms with Gasteiger partial charge in [0.05, 0.1) is 10.6 Å². The maximum Gasteiger partial charge on any atom is 0.264 e. The highest BCUT2D eigenvalue weighted by molar-refractivity contribution is 7.92. The normalized spacial score (nSPS) is 12.9. The number of benzene rings is 3. The van der Waals surface area contributed by atoms with Gasteiger partial charge in [-0.25, -0.2) is 8.42 Å². The standard InChI is InChI=1S/C31H39N3O4S/c1-7-25(5)32-31(36)26(6)33(20-27-14-8-22(2)9-15-27)30(35)21-34(28-16-10-23(3)11-17-28)39(37,38)29-18-12-24(4)13-19-29/h8-19,25-26H,7,20-21H2,1-6H3,(H,32,36)/t25-,26-/m0/s1. The Hall–Kier alpha value is -3.65. The molecule has 0 radical (unpaired) electrons. The molecule has 0 aliphatic rings. The molecule has 0 saturated carbocycles.